The molecule has 0 amide bonds. The van der Waals surface area contributed by atoms with Gasteiger partial charge in [0.15, 0.2) is 0 Å². The summed E-state index contributed by atoms with van der Waals surface area (Å²) in [5.41, 5.74) is 0.191. The average molecular weight is 407 g/mol. The molecule has 5 unspecified atom stereocenters. The summed E-state index contributed by atoms with van der Waals surface area (Å²) in [4.78, 5) is 24.4. The lowest BCUT2D eigenvalue weighted by molar-refractivity contribution is -0.150. The van der Waals surface area contributed by atoms with E-state index >= 15 is 0 Å². The topological polar surface area (TPSA) is 157 Å². The fourth-order valence-corrected chi connectivity index (χ4v) is 2.10. The normalized spacial score (nSPS) is 16.8. The minimum absolute atomic E-state index is 0.0403. The molecule has 0 fully saturated rings. The highest BCUT2D eigenvalue weighted by Gasteiger charge is 2.30. The highest BCUT2D eigenvalue weighted by atomic mass is 16.6. The standard InChI is InChI=1S/C18H33NO9/c1-5-13(21)16(24)17(25)14(22)8-19(4)7-6-15(23)27-9-12(20)10-28-18(26)11(2)3/h12-14,16-17,20-22,24-25H,2,5-10H2,1,3-4H3. The molecule has 0 saturated heterocycles. The van der Waals surface area contributed by atoms with E-state index in [0.717, 1.165) is 0 Å². The molecule has 0 saturated carbocycles. The molecule has 10 heteroatoms. The molecule has 0 aromatic rings. The Labute approximate surface area is 165 Å². The molecule has 0 radical (unpaired) electrons. The molecule has 0 aromatic heterocycles. The van der Waals surface area contributed by atoms with Crippen molar-refractivity contribution in [3.63, 3.8) is 0 Å². The molecule has 0 bridgehead atoms. The van der Waals surface area contributed by atoms with Crippen molar-refractivity contribution in [3.05, 3.63) is 12.2 Å². The number of esters is 2. The number of aliphatic hydroxyl groups excluding tert-OH is 5. The van der Waals surface area contributed by atoms with Gasteiger partial charge in [-0.2, -0.15) is 0 Å². The van der Waals surface area contributed by atoms with Crippen LogP contribution < -0.4 is 0 Å². The van der Waals surface area contributed by atoms with Crippen molar-refractivity contribution in [1.29, 1.82) is 0 Å². The van der Waals surface area contributed by atoms with E-state index in [2.05, 4.69) is 6.58 Å². The van der Waals surface area contributed by atoms with Gasteiger partial charge in [-0.3, -0.25) is 4.79 Å². The van der Waals surface area contributed by atoms with Crippen LogP contribution in [0.5, 0.6) is 0 Å². The summed E-state index contributed by atoms with van der Waals surface area (Å²) < 4.78 is 9.60. The zero-order valence-electron chi connectivity index (χ0n) is 16.7. The number of hydrogen-bond acceptors (Lipinski definition) is 10. The van der Waals surface area contributed by atoms with Crippen molar-refractivity contribution in [2.45, 2.75) is 57.2 Å². The van der Waals surface area contributed by atoms with Gasteiger partial charge in [0.1, 0.15) is 31.5 Å². The number of ether oxygens (including phenoxy) is 2. The van der Waals surface area contributed by atoms with Crippen LogP contribution >= 0.6 is 0 Å². The minimum Gasteiger partial charge on any atom is -0.463 e. The minimum atomic E-state index is -1.53. The van der Waals surface area contributed by atoms with Crippen LogP contribution in [0.25, 0.3) is 0 Å². The van der Waals surface area contributed by atoms with Crippen molar-refractivity contribution in [1.82, 2.24) is 4.90 Å². The van der Waals surface area contributed by atoms with Gasteiger partial charge in [0, 0.05) is 18.7 Å². The maximum atomic E-state index is 11.7. The Bertz CT molecular complexity index is 499. The first-order valence-corrected chi connectivity index (χ1v) is 9.06. The fraction of sp³-hybridized carbons (Fsp3) is 0.778. The lowest BCUT2D eigenvalue weighted by Gasteiger charge is -2.28. The van der Waals surface area contributed by atoms with Gasteiger partial charge < -0.3 is 39.9 Å². The third-order valence-electron chi connectivity index (χ3n) is 3.95. The second-order valence-electron chi connectivity index (χ2n) is 6.75. The van der Waals surface area contributed by atoms with E-state index in [-0.39, 0.29) is 44.7 Å². The van der Waals surface area contributed by atoms with E-state index in [9.17, 15) is 35.1 Å². The highest BCUT2D eigenvalue weighted by Crippen LogP contribution is 2.09. The Balaban J connectivity index is 4.11. The average Bonchev–Trinajstić information content (AvgIpc) is 2.66. The number of hydrogen-bond donors (Lipinski definition) is 5. The van der Waals surface area contributed by atoms with Gasteiger partial charge in [-0.1, -0.05) is 13.5 Å². The molecule has 28 heavy (non-hydrogen) atoms. The van der Waals surface area contributed by atoms with Crippen LogP contribution in [0.3, 0.4) is 0 Å². The molecule has 0 aromatic carbocycles. The highest BCUT2D eigenvalue weighted by molar-refractivity contribution is 5.86. The SMILES string of the molecule is C=C(C)C(=O)OCC(O)COC(=O)CCN(C)CC(O)C(O)C(O)C(O)CC. The molecule has 0 aliphatic heterocycles. The van der Waals surface area contributed by atoms with Crippen LogP contribution in [-0.2, 0) is 19.1 Å². The number of likely N-dealkylation sites (N-methyl/N-ethyl adjacent to an activating group) is 1. The molecule has 0 aliphatic rings. The van der Waals surface area contributed by atoms with E-state index in [4.69, 9.17) is 9.47 Å². The van der Waals surface area contributed by atoms with E-state index < -0.39 is 42.5 Å². The van der Waals surface area contributed by atoms with Gasteiger partial charge in [-0.15, -0.1) is 0 Å². The number of rotatable bonds is 14. The molecule has 10 nitrogen and oxygen atoms in total. The van der Waals surface area contributed by atoms with Gasteiger partial charge in [-0.25, -0.2) is 4.79 Å². The predicted molar refractivity (Wildman–Crippen MR) is 99.2 cm³/mol. The van der Waals surface area contributed by atoms with Crippen molar-refractivity contribution in [2.75, 3.05) is 33.4 Å². The van der Waals surface area contributed by atoms with E-state index in [1.54, 1.807) is 18.9 Å². The molecule has 164 valence electrons. The molecule has 0 spiro atoms. The number of nitrogens with zero attached hydrogens (tertiary/aromatic N) is 1. The quantitative estimate of drug-likeness (QED) is 0.164. The van der Waals surface area contributed by atoms with Crippen LogP contribution in [0.15, 0.2) is 12.2 Å². The lowest BCUT2D eigenvalue weighted by atomic mass is 10.0. The Morgan fingerprint density at radius 3 is 2.07 bits per heavy atom. The first kappa shape index (κ1) is 26.4. The monoisotopic (exact) mass is 407 g/mol. The summed E-state index contributed by atoms with van der Waals surface area (Å²) in [6.07, 6.45) is -6.44. The maximum Gasteiger partial charge on any atom is 0.333 e. The molecule has 5 N–H and O–H groups in total. The molecular weight excluding hydrogens is 374 g/mol. The van der Waals surface area contributed by atoms with Gasteiger partial charge >= 0.3 is 11.9 Å². The summed E-state index contributed by atoms with van der Waals surface area (Å²) in [6.45, 7) is 5.98. The van der Waals surface area contributed by atoms with Crippen molar-refractivity contribution >= 4 is 11.9 Å². The zero-order valence-corrected chi connectivity index (χ0v) is 16.7. The summed E-state index contributed by atoms with van der Waals surface area (Å²) in [5, 5.41) is 48.6. The van der Waals surface area contributed by atoms with Crippen LogP contribution in [-0.4, -0.2) is 106 Å². The van der Waals surface area contributed by atoms with Gasteiger partial charge in [0.05, 0.1) is 18.6 Å². The van der Waals surface area contributed by atoms with Crippen LogP contribution in [0, 0.1) is 0 Å². The van der Waals surface area contributed by atoms with Gasteiger partial charge in [0.2, 0.25) is 0 Å². The number of carbonyl (C=O) groups is 2. The number of aliphatic hydroxyl groups is 5. The maximum absolute atomic E-state index is 11.7. The first-order chi connectivity index (χ1) is 13.0. The Kier molecular flexibility index (Phi) is 12.8. The van der Waals surface area contributed by atoms with Crippen molar-refractivity contribution in [2.24, 2.45) is 0 Å². The molecular formula is C18H33NO9. The van der Waals surface area contributed by atoms with E-state index in [1.165, 1.54) is 6.92 Å². The third kappa shape index (κ3) is 10.7. The lowest BCUT2D eigenvalue weighted by Crippen LogP contribution is -2.48. The first-order valence-electron chi connectivity index (χ1n) is 9.06. The smallest absolute Gasteiger partial charge is 0.333 e. The Morgan fingerprint density at radius 2 is 1.54 bits per heavy atom. The van der Waals surface area contributed by atoms with Crippen molar-refractivity contribution in [3.8, 4) is 0 Å². The Hall–Kier alpha value is -1.56. The Morgan fingerprint density at radius 1 is 1.00 bits per heavy atom. The van der Waals surface area contributed by atoms with Gasteiger partial charge in [0.25, 0.3) is 0 Å². The van der Waals surface area contributed by atoms with E-state index in [1.807, 2.05) is 0 Å². The van der Waals surface area contributed by atoms with Crippen molar-refractivity contribution < 1.29 is 44.6 Å². The summed E-state index contributed by atoms with van der Waals surface area (Å²) in [7, 11) is 1.60. The van der Waals surface area contributed by atoms with E-state index in [0.29, 0.717) is 0 Å². The third-order valence-corrected chi connectivity index (χ3v) is 3.95. The van der Waals surface area contributed by atoms with Crippen LogP contribution in [0.1, 0.15) is 26.7 Å². The second-order valence-corrected chi connectivity index (χ2v) is 6.75. The molecule has 0 rings (SSSR count). The summed E-state index contributed by atoms with van der Waals surface area (Å²) in [5.74, 6) is -1.25. The predicted octanol–water partition coefficient (Wildman–Crippen LogP) is -1.81. The molecule has 0 aliphatic carbocycles. The zero-order chi connectivity index (χ0) is 21.9. The summed E-state index contributed by atoms with van der Waals surface area (Å²) >= 11 is 0. The molecule has 5 atom stereocenters. The summed E-state index contributed by atoms with van der Waals surface area (Å²) in [6, 6.07) is 0. The molecule has 0 heterocycles. The fourth-order valence-electron chi connectivity index (χ4n) is 2.10. The van der Waals surface area contributed by atoms with Crippen LogP contribution in [0.2, 0.25) is 0 Å². The van der Waals surface area contributed by atoms with Gasteiger partial charge in [-0.05, 0) is 20.4 Å². The van der Waals surface area contributed by atoms with Crippen LogP contribution in [0.4, 0.5) is 0 Å². The second kappa shape index (κ2) is 13.6. The largest absolute Gasteiger partial charge is 0.463 e. The number of carbonyl (C=O) groups excluding carboxylic acids is 2.